The van der Waals surface area contributed by atoms with Crippen molar-refractivity contribution in [1.29, 1.82) is 0 Å². The number of nitrogens with one attached hydrogen (secondary N) is 1. The molecule has 1 saturated carbocycles. The van der Waals surface area contributed by atoms with E-state index in [0.29, 0.717) is 6.04 Å². The summed E-state index contributed by atoms with van der Waals surface area (Å²) < 4.78 is 8.48. The molecule has 1 aromatic heterocycles. The van der Waals surface area contributed by atoms with Gasteiger partial charge in [0.1, 0.15) is 0 Å². The van der Waals surface area contributed by atoms with E-state index in [2.05, 4.69) is 21.0 Å². The molecular formula is C12H21N3S. The van der Waals surface area contributed by atoms with Crippen molar-refractivity contribution in [2.45, 2.75) is 45.1 Å². The molecule has 2 rings (SSSR count). The second-order valence-electron chi connectivity index (χ2n) is 4.79. The first-order chi connectivity index (χ1) is 7.85. The molecule has 0 aliphatic heterocycles. The van der Waals surface area contributed by atoms with Gasteiger partial charge >= 0.3 is 0 Å². The van der Waals surface area contributed by atoms with Gasteiger partial charge in [-0.2, -0.15) is 8.75 Å². The average Bonchev–Trinajstić information content (AvgIpc) is 2.85. The van der Waals surface area contributed by atoms with Crippen molar-refractivity contribution in [3.8, 4) is 0 Å². The van der Waals surface area contributed by atoms with Gasteiger partial charge in [0.2, 0.25) is 0 Å². The standard InChI is InChI=1S/C12H21N3S/c1-3-9-4-6-10(7-5-9)12(13-2)11-8-14-16-15-11/h8-10,12-13H,3-7H2,1-2H3. The van der Waals surface area contributed by atoms with Crippen molar-refractivity contribution in [2.75, 3.05) is 7.05 Å². The van der Waals surface area contributed by atoms with Crippen molar-refractivity contribution in [1.82, 2.24) is 14.1 Å². The lowest BCUT2D eigenvalue weighted by molar-refractivity contribution is 0.222. The predicted octanol–water partition coefficient (Wildman–Crippen LogP) is 3.02. The molecule has 0 spiro atoms. The number of nitrogens with zero attached hydrogens (tertiary/aromatic N) is 2. The summed E-state index contributed by atoms with van der Waals surface area (Å²) in [6, 6.07) is 0.413. The van der Waals surface area contributed by atoms with Crippen LogP contribution in [0, 0.1) is 11.8 Å². The Labute approximate surface area is 102 Å². The highest BCUT2D eigenvalue weighted by Gasteiger charge is 2.28. The second-order valence-corrected chi connectivity index (χ2v) is 5.34. The topological polar surface area (TPSA) is 37.8 Å². The van der Waals surface area contributed by atoms with E-state index in [1.165, 1.54) is 43.8 Å². The van der Waals surface area contributed by atoms with Crippen LogP contribution in [0.4, 0.5) is 0 Å². The number of hydrogen-bond acceptors (Lipinski definition) is 4. The van der Waals surface area contributed by atoms with E-state index in [9.17, 15) is 0 Å². The van der Waals surface area contributed by atoms with E-state index in [-0.39, 0.29) is 0 Å². The Bertz CT molecular complexity index is 291. The summed E-state index contributed by atoms with van der Waals surface area (Å²) >= 11 is 1.31. The molecular weight excluding hydrogens is 218 g/mol. The molecule has 90 valence electrons. The van der Waals surface area contributed by atoms with Crippen LogP contribution in [0.25, 0.3) is 0 Å². The first-order valence-electron chi connectivity index (χ1n) is 6.29. The van der Waals surface area contributed by atoms with Crippen LogP contribution in [0.3, 0.4) is 0 Å². The first-order valence-corrected chi connectivity index (χ1v) is 7.02. The summed E-state index contributed by atoms with van der Waals surface area (Å²) in [5.74, 6) is 1.71. The van der Waals surface area contributed by atoms with Crippen LogP contribution in [0.5, 0.6) is 0 Å². The molecule has 3 nitrogen and oxygen atoms in total. The third-order valence-electron chi connectivity index (χ3n) is 3.95. The summed E-state index contributed by atoms with van der Waals surface area (Å²) in [5.41, 5.74) is 1.13. The Morgan fingerprint density at radius 1 is 1.44 bits per heavy atom. The van der Waals surface area contributed by atoms with Crippen molar-refractivity contribution in [3.05, 3.63) is 11.9 Å². The third kappa shape index (κ3) is 2.61. The monoisotopic (exact) mass is 239 g/mol. The van der Waals surface area contributed by atoms with Crippen molar-refractivity contribution >= 4 is 11.7 Å². The van der Waals surface area contributed by atoms with Gasteiger partial charge in [0.25, 0.3) is 0 Å². The lowest BCUT2D eigenvalue weighted by Crippen LogP contribution is -2.28. The van der Waals surface area contributed by atoms with Gasteiger partial charge in [-0.05, 0) is 31.7 Å². The quantitative estimate of drug-likeness (QED) is 0.877. The van der Waals surface area contributed by atoms with E-state index in [1.54, 1.807) is 0 Å². The fraction of sp³-hybridized carbons (Fsp3) is 0.833. The molecule has 1 heterocycles. The fourth-order valence-corrected chi connectivity index (χ4v) is 3.32. The molecule has 0 amide bonds. The number of rotatable bonds is 4. The average molecular weight is 239 g/mol. The lowest BCUT2D eigenvalue weighted by atomic mass is 9.77. The Morgan fingerprint density at radius 2 is 2.19 bits per heavy atom. The van der Waals surface area contributed by atoms with Crippen LogP contribution >= 0.6 is 11.7 Å². The molecule has 0 radical (unpaired) electrons. The Hall–Kier alpha value is -0.480. The molecule has 1 atom stereocenters. The zero-order valence-electron chi connectivity index (χ0n) is 10.1. The minimum atomic E-state index is 0.413. The molecule has 1 aliphatic carbocycles. The van der Waals surface area contributed by atoms with Gasteiger partial charge in [-0.3, -0.25) is 0 Å². The highest BCUT2D eigenvalue weighted by molar-refractivity contribution is 6.99. The highest BCUT2D eigenvalue weighted by atomic mass is 32.1. The maximum Gasteiger partial charge on any atom is 0.0914 e. The van der Waals surface area contributed by atoms with Gasteiger partial charge in [0.05, 0.1) is 29.7 Å². The summed E-state index contributed by atoms with van der Waals surface area (Å²) in [5, 5.41) is 3.41. The van der Waals surface area contributed by atoms with Crippen LogP contribution < -0.4 is 5.32 Å². The number of hydrogen-bond donors (Lipinski definition) is 1. The fourth-order valence-electron chi connectivity index (χ4n) is 2.86. The minimum Gasteiger partial charge on any atom is -0.311 e. The van der Waals surface area contributed by atoms with Crippen LogP contribution in [0.15, 0.2) is 6.20 Å². The Kier molecular flexibility index (Phi) is 4.29. The normalized spacial score (nSPS) is 27.9. The lowest BCUT2D eigenvalue weighted by Gasteiger charge is -2.32. The molecule has 1 N–H and O–H groups in total. The third-order valence-corrected chi connectivity index (χ3v) is 4.44. The molecule has 1 aliphatic rings. The van der Waals surface area contributed by atoms with E-state index < -0.39 is 0 Å². The van der Waals surface area contributed by atoms with Crippen LogP contribution in [-0.2, 0) is 0 Å². The predicted molar refractivity (Wildman–Crippen MR) is 67.4 cm³/mol. The molecule has 16 heavy (non-hydrogen) atoms. The number of aromatic nitrogens is 2. The summed E-state index contributed by atoms with van der Waals surface area (Å²) in [7, 11) is 2.04. The molecule has 1 unspecified atom stereocenters. The molecule has 4 heteroatoms. The highest BCUT2D eigenvalue weighted by Crippen LogP contribution is 2.37. The smallest absolute Gasteiger partial charge is 0.0914 e. The van der Waals surface area contributed by atoms with E-state index in [4.69, 9.17) is 0 Å². The largest absolute Gasteiger partial charge is 0.311 e. The van der Waals surface area contributed by atoms with Gasteiger partial charge in [-0.25, -0.2) is 0 Å². The van der Waals surface area contributed by atoms with E-state index in [1.807, 2.05) is 13.2 Å². The van der Waals surface area contributed by atoms with E-state index in [0.717, 1.165) is 17.5 Å². The van der Waals surface area contributed by atoms with Gasteiger partial charge in [0.15, 0.2) is 0 Å². The van der Waals surface area contributed by atoms with Gasteiger partial charge in [0, 0.05) is 0 Å². The van der Waals surface area contributed by atoms with Gasteiger partial charge < -0.3 is 5.32 Å². The maximum atomic E-state index is 4.37. The van der Waals surface area contributed by atoms with E-state index >= 15 is 0 Å². The van der Waals surface area contributed by atoms with Crippen molar-refractivity contribution < 1.29 is 0 Å². The summed E-state index contributed by atoms with van der Waals surface area (Å²) in [6.45, 7) is 2.31. The maximum absolute atomic E-state index is 4.37. The van der Waals surface area contributed by atoms with Crippen LogP contribution in [0.1, 0.15) is 50.8 Å². The Morgan fingerprint density at radius 3 is 2.69 bits per heavy atom. The van der Waals surface area contributed by atoms with Crippen molar-refractivity contribution in [2.24, 2.45) is 11.8 Å². The molecule has 0 saturated heterocycles. The molecule has 1 fully saturated rings. The van der Waals surface area contributed by atoms with Crippen LogP contribution in [0.2, 0.25) is 0 Å². The summed E-state index contributed by atoms with van der Waals surface area (Å²) in [6.07, 6.45) is 8.70. The molecule has 0 aromatic carbocycles. The Balaban J connectivity index is 1.96. The second kappa shape index (κ2) is 5.73. The van der Waals surface area contributed by atoms with Crippen molar-refractivity contribution in [3.63, 3.8) is 0 Å². The summed E-state index contributed by atoms with van der Waals surface area (Å²) in [4.78, 5) is 0. The zero-order chi connectivity index (χ0) is 11.4. The van der Waals surface area contributed by atoms with Gasteiger partial charge in [-0.1, -0.05) is 26.2 Å². The zero-order valence-corrected chi connectivity index (χ0v) is 11.0. The molecule has 1 aromatic rings. The van der Waals surface area contributed by atoms with Crippen LogP contribution in [-0.4, -0.2) is 15.8 Å². The SMILES string of the molecule is CCC1CCC(C(NC)c2cnsn2)CC1. The van der Waals surface area contributed by atoms with Gasteiger partial charge in [-0.15, -0.1) is 0 Å². The molecule has 0 bridgehead atoms. The minimum absolute atomic E-state index is 0.413. The first kappa shape index (κ1) is 12.0.